The highest BCUT2D eigenvalue weighted by Crippen LogP contribution is 2.29. The molecule has 8 nitrogen and oxygen atoms in total. The average Bonchev–Trinajstić information content (AvgIpc) is 3.33. The van der Waals surface area contributed by atoms with Crippen LogP contribution in [0, 0.1) is 6.92 Å². The maximum absolute atomic E-state index is 5.84. The normalized spacial score (nSPS) is 15.0. The lowest BCUT2D eigenvalue weighted by Gasteiger charge is -2.32. The molecule has 0 saturated carbocycles. The molecule has 1 aliphatic rings. The summed E-state index contributed by atoms with van der Waals surface area (Å²) in [7, 11) is 2.17. The van der Waals surface area contributed by atoms with Gasteiger partial charge in [0.15, 0.2) is 0 Å². The molecule has 168 valence electrons. The first-order valence-corrected chi connectivity index (χ1v) is 11.0. The predicted molar refractivity (Wildman–Crippen MR) is 125 cm³/mol. The van der Waals surface area contributed by atoms with Crippen LogP contribution in [0.25, 0.3) is 22.8 Å². The van der Waals surface area contributed by atoms with Gasteiger partial charge in [0.1, 0.15) is 5.75 Å². The zero-order valence-electron chi connectivity index (χ0n) is 18.8. The zero-order valence-corrected chi connectivity index (χ0v) is 18.8. The van der Waals surface area contributed by atoms with E-state index < -0.39 is 0 Å². The monoisotopic (exact) mass is 442 g/mol. The van der Waals surface area contributed by atoms with Crippen LogP contribution in [0.2, 0.25) is 0 Å². The van der Waals surface area contributed by atoms with E-state index in [1.54, 1.807) is 18.5 Å². The Kier molecular flexibility index (Phi) is 6.10. The van der Waals surface area contributed by atoms with Crippen LogP contribution in [0.5, 0.6) is 11.8 Å². The fourth-order valence-electron chi connectivity index (χ4n) is 3.81. The zero-order chi connectivity index (χ0) is 22.6. The van der Waals surface area contributed by atoms with Gasteiger partial charge in [-0.1, -0.05) is 29.4 Å². The van der Waals surface area contributed by atoms with Crippen molar-refractivity contribution in [2.75, 3.05) is 33.2 Å². The number of likely N-dealkylation sites (N-methyl/N-ethyl adjacent to an activating group) is 1. The second-order valence-corrected chi connectivity index (χ2v) is 8.32. The second kappa shape index (κ2) is 9.48. The van der Waals surface area contributed by atoms with E-state index in [9.17, 15) is 0 Å². The summed E-state index contributed by atoms with van der Waals surface area (Å²) in [6.07, 6.45) is 3.29. The molecule has 0 spiro atoms. The van der Waals surface area contributed by atoms with E-state index >= 15 is 0 Å². The summed E-state index contributed by atoms with van der Waals surface area (Å²) in [5, 5.41) is 4.21. The smallest absolute Gasteiger partial charge is 0.321 e. The number of aryl methyl sites for hydroxylation is 1. The Bertz CT molecular complexity index is 1220. The molecule has 3 heterocycles. The van der Waals surface area contributed by atoms with E-state index in [-0.39, 0.29) is 0 Å². The molecule has 8 heteroatoms. The molecule has 0 amide bonds. The molecule has 1 aliphatic heterocycles. The van der Waals surface area contributed by atoms with E-state index in [4.69, 9.17) is 9.26 Å². The van der Waals surface area contributed by atoms with Gasteiger partial charge >= 0.3 is 6.01 Å². The largest absolute Gasteiger partial charge is 0.424 e. The van der Waals surface area contributed by atoms with Crippen LogP contribution in [0.4, 0.5) is 0 Å². The van der Waals surface area contributed by atoms with Crippen LogP contribution in [0.1, 0.15) is 11.1 Å². The number of hydrogen-bond acceptors (Lipinski definition) is 8. The molecule has 5 rings (SSSR count). The Morgan fingerprint density at radius 1 is 0.939 bits per heavy atom. The highest BCUT2D eigenvalue weighted by atomic mass is 16.5. The summed E-state index contributed by atoms with van der Waals surface area (Å²) >= 11 is 0. The molecule has 1 saturated heterocycles. The molecule has 0 bridgehead atoms. The molecular formula is C25H26N6O2. The summed E-state index contributed by atoms with van der Waals surface area (Å²) < 4.78 is 11.4. The summed E-state index contributed by atoms with van der Waals surface area (Å²) in [4.78, 5) is 17.7. The standard InChI is InChI=1S/C25H26N6O2/c1-18-7-8-20(16-22(18)32-25-26-9-4-10-27-25)23-28-24(33-29-23)21-6-3-5-19(15-21)17-31-13-11-30(2)12-14-31/h3-10,15-16H,11-14,17H2,1-2H3. The average molecular weight is 443 g/mol. The van der Waals surface area contributed by atoms with Crippen LogP contribution in [-0.2, 0) is 6.54 Å². The summed E-state index contributed by atoms with van der Waals surface area (Å²) in [5.41, 5.74) is 3.92. The number of benzene rings is 2. The van der Waals surface area contributed by atoms with E-state index in [1.165, 1.54) is 5.56 Å². The highest BCUT2D eigenvalue weighted by Gasteiger charge is 2.16. The van der Waals surface area contributed by atoms with Crippen LogP contribution >= 0.6 is 0 Å². The molecule has 1 fully saturated rings. The molecule has 2 aromatic carbocycles. The third-order valence-electron chi connectivity index (χ3n) is 5.79. The number of rotatable bonds is 6. The van der Waals surface area contributed by atoms with Gasteiger partial charge in [-0.3, -0.25) is 4.90 Å². The van der Waals surface area contributed by atoms with Crippen molar-refractivity contribution in [2.24, 2.45) is 0 Å². The third kappa shape index (κ3) is 5.08. The minimum absolute atomic E-state index is 0.295. The van der Waals surface area contributed by atoms with Gasteiger partial charge in [-0.2, -0.15) is 4.98 Å². The van der Waals surface area contributed by atoms with Gasteiger partial charge in [0.25, 0.3) is 5.89 Å². The SMILES string of the molecule is Cc1ccc(-c2noc(-c3cccc(CN4CCN(C)CC4)c3)n2)cc1Oc1ncccn1. The minimum Gasteiger partial charge on any atom is -0.424 e. The van der Waals surface area contributed by atoms with Gasteiger partial charge in [0.2, 0.25) is 5.82 Å². The first kappa shape index (κ1) is 21.2. The lowest BCUT2D eigenvalue weighted by Crippen LogP contribution is -2.43. The van der Waals surface area contributed by atoms with Crippen molar-refractivity contribution in [3.63, 3.8) is 0 Å². The molecule has 0 radical (unpaired) electrons. The number of hydrogen-bond donors (Lipinski definition) is 0. The molecule has 0 N–H and O–H groups in total. The Morgan fingerprint density at radius 3 is 2.58 bits per heavy atom. The Balaban J connectivity index is 1.34. The van der Waals surface area contributed by atoms with Gasteiger partial charge in [0, 0.05) is 56.2 Å². The summed E-state index contributed by atoms with van der Waals surface area (Å²) in [6.45, 7) is 7.25. The lowest BCUT2D eigenvalue weighted by molar-refractivity contribution is 0.148. The molecule has 2 aromatic heterocycles. The molecule has 33 heavy (non-hydrogen) atoms. The molecule has 0 atom stereocenters. The van der Waals surface area contributed by atoms with Crippen molar-refractivity contribution in [2.45, 2.75) is 13.5 Å². The Hall–Kier alpha value is -3.62. The molecule has 0 unspecified atom stereocenters. The van der Waals surface area contributed by atoms with Crippen LogP contribution < -0.4 is 4.74 Å². The maximum atomic E-state index is 5.84. The highest BCUT2D eigenvalue weighted by molar-refractivity contribution is 5.62. The van der Waals surface area contributed by atoms with Crippen molar-refractivity contribution >= 4 is 0 Å². The Labute approximate surface area is 192 Å². The van der Waals surface area contributed by atoms with Crippen LogP contribution in [0.3, 0.4) is 0 Å². The second-order valence-electron chi connectivity index (χ2n) is 8.32. The van der Waals surface area contributed by atoms with Gasteiger partial charge in [-0.25, -0.2) is 9.97 Å². The van der Waals surface area contributed by atoms with Crippen molar-refractivity contribution < 1.29 is 9.26 Å². The number of piperazine rings is 1. The quantitative estimate of drug-likeness (QED) is 0.443. The topological polar surface area (TPSA) is 80.4 Å². The van der Waals surface area contributed by atoms with Gasteiger partial charge in [-0.15, -0.1) is 0 Å². The number of aromatic nitrogens is 4. The minimum atomic E-state index is 0.295. The Morgan fingerprint density at radius 2 is 1.76 bits per heavy atom. The molecular weight excluding hydrogens is 416 g/mol. The van der Waals surface area contributed by atoms with E-state index in [0.717, 1.165) is 49.4 Å². The lowest BCUT2D eigenvalue weighted by atomic mass is 10.1. The first-order chi connectivity index (χ1) is 16.1. The molecule has 0 aliphatic carbocycles. The summed E-state index contributed by atoms with van der Waals surface area (Å²) in [5.74, 6) is 1.66. The fraction of sp³-hybridized carbons (Fsp3) is 0.280. The maximum Gasteiger partial charge on any atom is 0.321 e. The van der Waals surface area contributed by atoms with Gasteiger partial charge in [0.05, 0.1) is 0 Å². The van der Waals surface area contributed by atoms with E-state index in [0.29, 0.717) is 23.5 Å². The van der Waals surface area contributed by atoms with Crippen molar-refractivity contribution in [1.29, 1.82) is 0 Å². The van der Waals surface area contributed by atoms with E-state index in [2.05, 4.69) is 49.1 Å². The third-order valence-corrected chi connectivity index (χ3v) is 5.79. The van der Waals surface area contributed by atoms with E-state index in [1.807, 2.05) is 37.3 Å². The summed E-state index contributed by atoms with van der Waals surface area (Å²) in [6, 6.07) is 16.2. The van der Waals surface area contributed by atoms with Gasteiger partial charge in [-0.05, 0) is 49.4 Å². The fourth-order valence-corrected chi connectivity index (χ4v) is 3.81. The van der Waals surface area contributed by atoms with Crippen molar-refractivity contribution in [1.82, 2.24) is 29.9 Å². The van der Waals surface area contributed by atoms with Crippen LogP contribution in [-0.4, -0.2) is 63.1 Å². The first-order valence-electron chi connectivity index (χ1n) is 11.0. The predicted octanol–water partition coefficient (Wildman–Crippen LogP) is 4.04. The molecule has 4 aromatic rings. The van der Waals surface area contributed by atoms with Crippen LogP contribution in [0.15, 0.2) is 65.4 Å². The number of nitrogens with zero attached hydrogens (tertiary/aromatic N) is 6. The van der Waals surface area contributed by atoms with Gasteiger partial charge < -0.3 is 14.2 Å². The van der Waals surface area contributed by atoms with Crippen molar-refractivity contribution in [3.8, 4) is 34.6 Å². The number of ether oxygens (including phenoxy) is 1. The van der Waals surface area contributed by atoms with Crippen molar-refractivity contribution in [3.05, 3.63) is 72.1 Å².